The van der Waals surface area contributed by atoms with Gasteiger partial charge in [-0.1, -0.05) is 18.2 Å². The van der Waals surface area contributed by atoms with Gasteiger partial charge in [0.1, 0.15) is 11.6 Å². The lowest BCUT2D eigenvalue weighted by molar-refractivity contribution is -0.142. The molecule has 1 saturated heterocycles. The predicted molar refractivity (Wildman–Crippen MR) is 122 cm³/mol. The molecule has 0 spiro atoms. The smallest absolute Gasteiger partial charge is 0.387 e. The minimum absolute atomic E-state index is 0.104. The molecule has 1 aliphatic heterocycles. The topological polar surface area (TPSA) is 106 Å². The number of nitrogens with zero attached hydrogens (tertiary/aromatic N) is 6. The fourth-order valence-electron chi connectivity index (χ4n) is 4.22. The van der Waals surface area contributed by atoms with Crippen molar-refractivity contribution in [2.45, 2.75) is 25.9 Å². The summed E-state index contributed by atoms with van der Waals surface area (Å²) in [6, 6.07) is 10.3. The summed E-state index contributed by atoms with van der Waals surface area (Å²) in [4.78, 5) is 22.1. The number of anilines is 1. The van der Waals surface area contributed by atoms with Crippen LogP contribution in [-0.2, 0) is 11.2 Å². The van der Waals surface area contributed by atoms with Crippen molar-refractivity contribution >= 4 is 17.6 Å². The van der Waals surface area contributed by atoms with E-state index in [1.54, 1.807) is 35.0 Å². The Bertz CT molecular complexity index is 1340. The fraction of sp³-hybridized carbons (Fsp3) is 0.292. The van der Waals surface area contributed by atoms with Crippen LogP contribution >= 0.6 is 0 Å². The third-order valence-corrected chi connectivity index (χ3v) is 6.11. The highest BCUT2D eigenvalue weighted by molar-refractivity contribution is 5.70. The highest BCUT2D eigenvalue weighted by Crippen LogP contribution is 2.26. The average molecular weight is 480 g/mol. The maximum absolute atomic E-state index is 12.8. The van der Waals surface area contributed by atoms with Crippen molar-refractivity contribution in [2.24, 2.45) is 5.92 Å². The van der Waals surface area contributed by atoms with Crippen molar-refractivity contribution in [2.75, 3.05) is 18.0 Å². The van der Waals surface area contributed by atoms with Gasteiger partial charge in [-0.2, -0.15) is 8.78 Å². The molecule has 180 valence electrons. The number of halogens is 2. The minimum atomic E-state index is -2.91. The van der Waals surface area contributed by atoms with Gasteiger partial charge in [-0.25, -0.2) is 9.97 Å². The largest absolute Gasteiger partial charge is 0.481 e. The van der Waals surface area contributed by atoms with Crippen LogP contribution in [0.4, 0.5) is 14.7 Å². The molecule has 1 fully saturated rings. The monoisotopic (exact) mass is 480 g/mol. The second kappa shape index (κ2) is 9.61. The number of aliphatic carboxylic acids is 1. The van der Waals surface area contributed by atoms with E-state index in [1.807, 2.05) is 23.2 Å². The molecule has 0 bridgehead atoms. The first-order chi connectivity index (χ1) is 17.0. The molecule has 35 heavy (non-hydrogen) atoms. The van der Waals surface area contributed by atoms with Gasteiger partial charge in [-0.15, -0.1) is 10.2 Å². The van der Waals surface area contributed by atoms with Crippen molar-refractivity contribution in [1.29, 1.82) is 0 Å². The molecule has 0 radical (unpaired) electrons. The number of aromatic nitrogens is 5. The van der Waals surface area contributed by atoms with Gasteiger partial charge >= 0.3 is 12.6 Å². The average Bonchev–Trinajstić information content (AvgIpc) is 3.27. The number of para-hydroxylation sites is 1. The van der Waals surface area contributed by atoms with E-state index >= 15 is 0 Å². The summed E-state index contributed by atoms with van der Waals surface area (Å²) < 4.78 is 32.0. The summed E-state index contributed by atoms with van der Waals surface area (Å²) in [6.45, 7) is -1.71. The minimum Gasteiger partial charge on any atom is -0.481 e. The van der Waals surface area contributed by atoms with E-state index in [0.717, 1.165) is 11.1 Å². The molecule has 9 nitrogen and oxygen atoms in total. The molecular weight excluding hydrogens is 458 g/mol. The number of fused-ring (bicyclic) bond motifs is 1. The maximum atomic E-state index is 12.8. The molecule has 4 heterocycles. The summed E-state index contributed by atoms with van der Waals surface area (Å²) in [5, 5.41) is 17.6. The van der Waals surface area contributed by atoms with Crippen LogP contribution in [0.15, 0.2) is 55.0 Å². The number of pyridine rings is 1. The van der Waals surface area contributed by atoms with Crippen molar-refractivity contribution in [3.8, 4) is 16.9 Å². The Balaban J connectivity index is 1.36. The van der Waals surface area contributed by atoms with Crippen LogP contribution in [-0.4, -0.2) is 55.3 Å². The summed E-state index contributed by atoms with van der Waals surface area (Å²) in [5.74, 6) is 0.177. The third-order valence-electron chi connectivity index (χ3n) is 6.11. The first-order valence-corrected chi connectivity index (χ1v) is 11.1. The Morgan fingerprint density at radius 3 is 2.51 bits per heavy atom. The number of piperidine rings is 1. The number of benzene rings is 1. The van der Waals surface area contributed by atoms with Gasteiger partial charge in [0.2, 0.25) is 5.95 Å². The number of hydrogen-bond acceptors (Lipinski definition) is 7. The lowest BCUT2D eigenvalue weighted by Gasteiger charge is -2.30. The Kier molecular flexibility index (Phi) is 6.21. The number of hydrogen-bond donors (Lipinski definition) is 1. The molecule has 0 saturated carbocycles. The zero-order chi connectivity index (χ0) is 24.4. The number of rotatable bonds is 7. The fourth-order valence-corrected chi connectivity index (χ4v) is 4.22. The number of ether oxygens (including phenoxy) is 1. The second-order valence-corrected chi connectivity index (χ2v) is 8.30. The number of carboxylic acids is 1. The Labute approximate surface area is 199 Å². The Morgan fingerprint density at radius 2 is 1.80 bits per heavy atom. The summed E-state index contributed by atoms with van der Waals surface area (Å²) in [6.07, 6.45) is 6.70. The first kappa shape index (κ1) is 22.6. The van der Waals surface area contributed by atoms with Gasteiger partial charge in [-0.3, -0.25) is 9.20 Å². The quantitative estimate of drug-likeness (QED) is 0.427. The van der Waals surface area contributed by atoms with Crippen LogP contribution in [0.2, 0.25) is 0 Å². The van der Waals surface area contributed by atoms with Gasteiger partial charge in [0, 0.05) is 54.8 Å². The van der Waals surface area contributed by atoms with Crippen molar-refractivity contribution in [1.82, 2.24) is 24.6 Å². The molecule has 1 N–H and O–H groups in total. The normalized spacial score (nSPS) is 14.5. The number of alkyl halides is 2. The van der Waals surface area contributed by atoms with Crippen LogP contribution in [0, 0.1) is 5.92 Å². The molecule has 3 aromatic heterocycles. The first-order valence-electron chi connectivity index (χ1n) is 11.1. The van der Waals surface area contributed by atoms with Gasteiger partial charge in [0.05, 0.1) is 5.92 Å². The molecule has 4 aromatic rings. The SMILES string of the molecule is O=C(O)C1CCN(c2ncc(-c3ccc4nnc(Cc5ccccc5OC(F)F)n4c3)cn2)CC1. The lowest BCUT2D eigenvalue weighted by atomic mass is 9.97. The molecule has 1 aromatic carbocycles. The third kappa shape index (κ3) is 4.88. The molecule has 5 rings (SSSR count). The molecule has 0 aliphatic carbocycles. The van der Waals surface area contributed by atoms with Gasteiger partial charge in [-0.05, 0) is 31.0 Å². The van der Waals surface area contributed by atoms with Gasteiger partial charge < -0.3 is 14.7 Å². The van der Waals surface area contributed by atoms with Gasteiger partial charge in [0.15, 0.2) is 5.65 Å². The van der Waals surface area contributed by atoms with E-state index in [4.69, 9.17) is 0 Å². The van der Waals surface area contributed by atoms with E-state index in [0.29, 0.717) is 48.9 Å². The molecular formula is C24H22F2N6O3. The standard InChI is InChI=1S/C24H22F2N6O3/c25-23(26)35-19-4-2-1-3-16(19)11-21-30-29-20-6-5-17(14-32(20)21)18-12-27-24(28-13-18)31-9-7-15(8-10-31)22(33)34/h1-6,12-15,23H,7-11H2,(H,33,34). The highest BCUT2D eigenvalue weighted by Gasteiger charge is 2.25. The second-order valence-electron chi connectivity index (χ2n) is 8.30. The molecule has 0 amide bonds. The lowest BCUT2D eigenvalue weighted by Crippen LogP contribution is -2.37. The van der Waals surface area contributed by atoms with Crippen molar-refractivity contribution < 1.29 is 23.4 Å². The number of carboxylic acid groups (broad SMARTS) is 1. The maximum Gasteiger partial charge on any atom is 0.387 e. The Hall–Kier alpha value is -4.15. The van der Waals surface area contributed by atoms with Crippen LogP contribution in [0.25, 0.3) is 16.8 Å². The zero-order valence-corrected chi connectivity index (χ0v) is 18.6. The summed E-state index contributed by atoms with van der Waals surface area (Å²) in [7, 11) is 0. The van der Waals surface area contributed by atoms with Crippen molar-refractivity contribution in [3.63, 3.8) is 0 Å². The van der Waals surface area contributed by atoms with Crippen LogP contribution in [0.3, 0.4) is 0 Å². The zero-order valence-electron chi connectivity index (χ0n) is 18.6. The summed E-state index contributed by atoms with van der Waals surface area (Å²) >= 11 is 0. The van der Waals surface area contributed by atoms with E-state index in [9.17, 15) is 18.7 Å². The van der Waals surface area contributed by atoms with Crippen LogP contribution < -0.4 is 9.64 Å². The highest BCUT2D eigenvalue weighted by atomic mass is 19.3. The predicted octanol–water partition coefficient (Wildman–Crippen LogP) is 3.68. The number of carbonyl (C=O) groups is 1. The Morgan fingerprint density at radius 1 is 1.06 bits per heavy atom. The van der Waals surface area contributed by atoms with Gasteiger partial charge in [0.25, 0.3) is 0 Å². The van der Waals surface area contributed by atoms with Crippen LogP contribution in [0.5, 0.6) is 5.75 Å². The van der Waals surface area contributed by atoms with Crippen LogP contribution in [0.1, 0.15) is 24.2 Å². The summed E-state index contributed by atoms with van der Waals surface area (Å²) in [5.41, 5.74) is 2.82. The van der Waals surface area contributed by atoms with Crippen molar-refractivity contribution in [3.05, 3.63) is 66.4 Å². The van der Waals surface area contributed by atoms with E-state index in [-0.39, 0.29) is 18.1 Å². The molecule has 1 aliphatic rings. The molecule has 0 unspecified atom stereocenters. The van der Waals surface area contributed by atoms with E-state index < -0.39 is 12.6 Å². The molecule has 11 heteroatoms. The van der Waals surface area contributed by atoms with E-state index in [1.165, 1.54) is 6.07 Å². The van der Waals surface area contributed by atoms with E-state index in [2.05, 4.69) is 24.9 Å². The molecule has 0 atom stereocenters.